The zero-order valence-electron chi connectivity index (χ0n) is 18.6. The average molecular weight is 478 g/mol. The first-order chi connectivity index (χ1) is 16.9. The third-order valence-electron chi connectivity index (χ3n) is 7.66. The quantitative estimate of drug-likeness (QED) is 0.321. The monoisotopic (exact) mass is 478 g/mol. The van der Waals surface area contributed by atoms with E-state index in [0.29, 0.717) is 33.7 Å². The van der Waals surface area contributed by atoms with Crippen LogP contribution in [0.3, 0.4) is 0 Å². The third-order valence-corrected chi connectivity index (χ3v) is 7.66. The highest BCUT2D eigenvalue weighted by atomic mass is 19.1. The van der Waals surface area contributed by atoms with Crippen molar-refractivity contribution in [3.8, 4) is 0 Å². The van der Waals surface area contributed by atoms with Gasteiger partial charge in [0.1, 0.15) is 23.5 Å². The molecule has 3 saturated carbocycles. The van der Waals surface area contributed by atoms with Crippen LogP contribution < -0.4 is 10.6 Å². The Labute approximate surface area is 198 Å². The zero-order valence-corrected chi connectivity index (χ0v) is 18.6. The number of nitrogens with one attached hydrogen (secondary N) is 3. The van der Waals surface area contributed by atoms with Gasteiger partial charge in [-0.15, -0.1) is 0 Å². The van der Waals surface area contributed by atoms with E-state index < -0.39 is 28.8 Å². The molecule has 0 saturated heterocycles. The number of carboxylic acids is 1. The van der Waals surface area contributed by atoms with Gasteiger partial charge in [-0.05, 0) is 49.7 Å². The second-order valence-corrected chi connectivity index (χ2v) is 9.52. The minimum Gasteiger partial charge on any atom is -0.481 e. The van der Waals surface area contributed by atoms with Crippen LogP contribution in [0.25, 0.3) is 11.0 Å². The standard InChI is InChI=1S/C24H23FN6O4/c25-13-7-15-17(10-27-21(15)26-9-13)23-28-18-6-5-14(31(34)35)8-16(18)22(30-23)29-20-12-3-1-11(2-4-12)19(20)24(32)33/h5-12,19-20,22,29H,1-4H2,(H,26,27)(H,28,30)(H,32,33). The van der Waals surface area contributed by atoms with Gasteiger partial charge in [-0.25, -0.2) is 14.4 Å². The number of non-ortho nitro benzene ring substituents is 1. The molecule has 0 spiro atoms. The fraction of sp³-hybridized carbons (Fsp3) is 0.375. The van der Waals surface area contributed by atoms with E-state index in [2.05, 4.69) is 20.6 Å². The average Bonchev–Trinajstić information content (AvgIpc) is 3.27. The first-order valence-electron chi connectivity index (χ1n) is 11.6. The lowest BCUT2D eigenvalue weighted by Gasteiger charge is -2.48. The van der Waals surface area contributed by atoms with E-state index >= 15 is 0 Å². The molecule has 4 aliphatic rings. The van der Waals surface area contributed by atoms with Gasteiger partial charge < -0.3 is 15.4 Å². The molecule has 3 heterocycles. The molecule has 0 amide bonds. The molecule has 11 heteroatoms. The van der Waals surface area contributed by atoms with E-state index in [-0.39, 0.29) is 23.6 Å². The maximum absolute atomic E-state index is 13.9. The normalized spacial score (nSPS) is 27.2. The minimum atomic E-state index is -0.826. The molecule has 180 valence electrons. The number of amidine groups is 1. The number of hydrogen-bond donors (Lipinski definition) is 4. The van der Waals surface area contributed by atoms with E-state index in [1.807, 2.05) is 0 Å². The van der Waals surface area contributed by atoms with Crippen LogP contribution in [0, 0.1) is 33.7 Å². The Kier molecular flexibility index (Phi) is 5.03. The van der Waals surface area contributed by atoms with Gasteiger partial charge in [-0.3, -0.25) is 20.2 Å². The van der Waals surface area contributed by atoms with Gasteiger partial charge in [0, 0.05) is 46.6 Å². The number of H-pyrrole nitrogens is 1. The molecule has 0 radical (unpaired) electrons. The summed E-state index contributed by atoms with van der Waals surface area (Å²) in [7, 11) is 0. The van der Waals surface area contributed by atoms with Gasteiger partial charge in [-0.2, -0.15) is 0 Å². The summed E-state index contributed by atoms with van der Waals surface area (Å²) in [6.45, 7) is 0. The number of aliphatic imine (C=N–C) groups is 1. The maximum atomic E-state index is 13.9. The number of hydrogen-bond acceptors (Lipinski definition) is 7. The van der Waals surface area contributed by atoms with Crippen LogP contribution in [0.2, 0.25) is 0 Å². The number of carboxylic acid groups (broad SMARTS) is 1. The largest absolute Gasteiger partial charge is 0.481 e. The van der Waals surface area contributed by atoms with Gasteiger partial charge >= 0.3 is 5.97 Å². The molecule has 3 atom stereocenters. The molecule has 2 aromatic heterocycles. The summed E-state index contributed by atoms with van der Waals surface area (Å²) in [6, 6.07) is 5.56. The lowest BCUT2D eigenvalue weighted by atomic mass is 9.61. The minimum absolute atomic E-state index is 0.0747. The topological polar surface area (TPSA) is 146 Å². The highest BCUT2D eigenvalue weighted by Gasteiger charge is 2.48. The Balaban J connectivity index is 1.44. The summed E-state index contributed by atoms with van der Waals surface area (Å²) in [4.78, 5) is 35.1. The smallest absolute Gasteiger partial charge is 0.308 e. The molecule has 1 aliphatic heterocycles. The highest BCUT2D eigenvalue weighted by molar-refractivity contribution is 6.16. The number of pyridine rings is 1. The Bertz CT molecular complexity index is 1380. The Morgan fingerprint density at radius 1 is 1.20 bits per heavy atom. The predicted molar refractivity (Wildman–Crippen MR) is 126 cm³/mol. The van der Waals surface area contributed by atoms with Gasteiger partial charge in [0.25, 0.3) is 5.69 Å². The number of aromatic nitrogens is 2. The number of benzene rings is 1. The lowest BCUT2D eigenvalue weighted by Crippen LogP contribution is -2.55. The van der Waals surface area contributed by atoms with Gasteiger partial charge in [-0.1, -0.05) is 0 Å². The van der Waals surface area contributed by atoms with Crippen molar-refractivity contribution in [3.05, 3.63) is 63.7 Å². The lowest BCUT2D eigenvalue weighted by molar-refractivity contribution is -0.384. The third kappa shape index (κ3) is 3.63. The number of anilines is 1. The van der Waals surface area contributed by atoms with Crippen molar-refractivity contribution in [2.24, 2.45) is 22.7 Å². The summed E-state index contributed by atoms with van der Waals surface area (Å²) in [6.07, 6.45) is 5.79. The number of nitrogens with zero attached hydrogens (tertiary/aromatic N) is 3. The van der Waals surface area contributed by atoms with E-state index in [9.17, 15) is 24.4 Å². The predicted octanol–water partition coefficient (Wildman–Crippen LogP) is 3.96. The molecular weight excluding hydrogens is 455 g/mol. The Hall–Kier alpha value is -3.86. The second kappa shape index (κ2) is 8.12. The molecule has 35 heavy (non-hydrogen) atoms. The number of rotatable bonds is 5. The summed E-state index contributed by atoms with van der Waals surface area (Å²) in [5, 5.41) is 28.7. The highest BCUT2D eigenvalue weighted by Crippen LogP contribution is 2.46. The first-order valence-corrected chi connectivity index (χ1v) is 11.6. The van der Waals surface area contributed by atoms with Crippen molar-refractivity contribution in [3.63, 3.8) is 0 Å². The van der Waals surface area contributed by atoms with Crippen LogP contribution in [0.4, 0.5) is 15.8 Å². The van der Waals surface area contributed by atoms with Crippen LogP contribution in [0.15, 0.2) is 41.7 Å². The van der Waals surface area contributed by atoms with Crippen LogP contribution >= 0.6 is 0 Å². The molecule has 3 aliphatic carbocycles. The van der Waals surface area contributed by atoms with Crippen molar-refractivity contribution in [2.75, 3.05) is 5.32 Å². The SMILES string of the molecule is O=C(O)C1C2CCC(CC2)C1NC1N=C(c2c[nH]c3ncc(F)cc23)Nc2ccc([N+](=O)[O-])cc21. The van der Waals surface area contributed by atoms with Gasteiger partial charge in [0.2, 0.25) is 0 Å². The van der Waals surface area contributed by atoms with Crippen LogP contribution in [0.5, 0.6) is 0 Å². The number of aliphatic carboxylic acids is 1. The molecule has 3 unspecified atom stereocenters. The molecule has 4 N–H and O–H groups in total. The van der Waals surface area contributed by atoms with E-state index in [0.717, 1.165) is 31.9 Å². The van der Waals surface area contributed by atoms with E-state index in [4.69, 9.17) is 4.99 Å². The number of halogens is 1. The summed E-state index contributed by atoms with van der Waals surface area (Å²) < 4.78 is 13.9. The molecular formula is C24H23FN6O4. The van der Waals surface area contributed by atoms with Gasteiger partial charge in [0.15, 0.2) is 0 Å². The maximum Gasteiger partial charge on any atom is 0.308 e. The molecule has 2 bridgehead atoms. The van der Waals surface area contributed by atoms with Crippen molar-refractivity contribution < 1.29 is 19.2 Å². The number of nitro benzene ring substituents is 1. The van der Waals surface area contributed by atoms with E-state index in [1.165, 1.54) is 18.2 Å². The number of fused-ring (bicyclic) bond motifs is 5. The summed E-state index contributed by atoms with van der Waals surface area (Å²) >= 11 is 0. The number of nitro groups is 1. The summed E-state index contributed by atoms with van der Waals surface area (Å²) in [5.74, 6) is -1.11. The van der Waals surface area contributed by atoms with Crippen LogP contribution in [-0.2, 0) is 4.79 Å². The second-order valence-electron chi connectivity index (χ2n) is 9.52. The van der Waals surface area contributed by atoms with Gasteiger partial charge in [0.05, 0.1) is 17.0 Å². The van der Waals surface area contributed by atoms with Crippen molar-refractivity contribution >= 4 is 34.2 Å². The molecule has 7 rings (SSSR count). The Morgan fingerprint density at radius 2 is 1.97 bits per heavy atom. The van der Waals surface area contributed by atoms with Crippen LogP contribution in [0.1, 0.15) is 43.0 Å². The number of carbonyl (C=O) groups is 1. The van der Waals surface area contributed by atoms with Crippen molar-refractivity contribution in [1.82, 2.24) is 15.3 Å². The Morgan fingerprint density at radius 3 is 2.71 bits per heavy atom. The first kappa shape index (κ1) is 21.7. The van der Waals surface area contributed by atoms with Crippen molar-refractivity contribution in [2.45, 2.75) is 37.9 Å². The fourth-order valence-corrected chi connectivity index (χ4v) is 6.03. The fourth-order valence-electron chi connectivity index (χ4n) is 6.03. The molecule has 3 fully saturated rings. The van der Waals surface area contributed by atoms with Crippen LogP contribution in [-0.4, -0.2) is 37.8 Å². The zero-order chi connectivity index (χ0) is 24.3. The van der Waals surface area contributed by atoms with Crippen molar-refractivity contribution in [1.29, 1.82) is 0 Å². The summed E-state index contributed by atoms with van der Waals surface area (Å²) in [5.41, 5.74) is 2.21. The molecule has 1 aromatic carbocycles. The van der Waals surface area contributed by atoms with E-state index in [1.54, 1.807) is 12.3 Å². The molecule has 3 aromatic rings. The number of aromatic amines is 1. The molecule has 10 nitrogen and oxygen atoms in total.